The van der Waals surface area contributed by atoms with Crippen LogP contribution in [-0.2, 0) is 0 Å². The molecule has 0 fully saturated rings. The second kappa shape index (κ2) is 3.81. The van der Waals surface area contributed by atoms with E-state index in [1.165, 1.54) is 10.4 Å². The summed E-state index contributed by atoms with van der Waals surface area (Å²) < 4.78 is 0. The summed E-state index contributed by atoms with van der Waals surface area (Å²) in [7, 11) is 0. The molecule has 13 heavy (non-hydrogen) atoms. The molecule has 0 aliphatic carbocycles. The highest BCUT2D eigenvalue weighted by molar-refractivity contribution is 7.13. The molecule has 2 aromatic rings. The largest absolute Gasteiger partial charge is 0.382 e. The first-order chi connectivity index (χ1) is 5.77. The van der Waals surface area contributed by atoms with Crippen molar-refractivity contribution in [2.24, 2.45) is 0 Å². The normalized spacial score (nSPS) is 9.62. The zero-order valence-electron chi connectivity index (χ0n) is 7.07. The van der Waals surface area contributed by atoms with Crippen LogP contribution in [0.15, 0.2) is 17.5 Å². The number of aromatic amines is 1. The van der Waals surface area contributed by atoms with Crippen LogP contribution in [0.1, 0.15) is 5.56 Å². The highest BCUT2D eigenvalue weighted by Gasteiger charge is 2.05. The van der Waals surface area contributed by atoms with Crippen molar-refractivity contribution in [1.82, 2.24) is 10.2 Å². The number of nitrogen functional groups attached to an aromatic ring is 1. The average Bonchev–Trinajstić information content (AvgIpc) is 2.58. The molecule has 0 aliphatic heterocycles. The van der Waals surface area contributed by atoms with Crippen molar-refractivity contribution in [1.29, 1.82) is 0 Å². The van der Waals surface area contributed by atoms with E-state index < -0.39 is 0 Å². The van der Waals surface area contributed by atoms with Crippen LogP contribution in [0.3, 0.4) is 0 Å². The zero-order chi connectivity index (χ0) is 8.55. The van der Waals surface area contributed by atoms with Gasteiger partial charge in [-0.2, -0.15) is 5.10 Å². The highest BCUT2D eigenvalue weighted by atomic mass is 35.5. The SMILES string of the molecule is Cc1ccsc1-c1cc(N)n[nH]1.Cl. The molecule has 2 heterocycles. The molecule has 0 unspecified atom stereocenters. The molecule has 0 aromatic carbocycles. The van der Waals surface area contributed by atoms with Crippen LogP contribution in [0.4, 0.5) is 5.82 Å². The quantitative estimate of drug-likeness (QED) is 0.768. The van der Waals surface area contributed by atoms with Gasteiger partial charge in [0.2, 0.25) is 0 Å². The molecule has 2 rings (SSSR count). The van der Waals surface area contributed by atoms with Crippen LogP contribution in [0.5, 0.6) is 0 Å². The fourth-order valence-electron chi connectivity index (χ4n) is 1.10. The third kappa shape index (κ3) is 1.84. The molecule has 70 valence electrons. The molecule has 5 heteroatoms. The topological polar surface area (TPSA) is 54.7 Å². The molecular formula is C8H10ClN3S. The summed E-state index contributed by atoms with van der Waals surface area (Å²) in [6.07, 6.45) is 0. The molecule has 0 atom stereocenters. The number of anilines is 1. The van der Waals surface area contributed by atoms with Crippen molar-refractivity contribution in [3.05, 3.63) is 23.1 Å². The van der Waals surface area contributed by atoms with Gasteiger partial charge in [0.1, 0.15) is 5.82 Å². The lowest BCUT2D eigenvalue weighted by Crippen LogP contribution is -1.81. The van der Waals surface area contributed by atoms with Crippen molar-refractivity contribution < 1.29 is 0 Å². The molecule has 0 radical (unpaired) electrons. The molecule has 3 nitrogen and oxygen atoms in total. The predicted molar refractivity (Wildman–Crippen MR) is 58.3 cm³/mol. The number of rotatable bonds is 1. The Hall–Kier alpha value is -1.00. The molecule has 0 amide bonds. The van der Waals surface area contributed by atoms with Gasteiger partial charge in [0.25, 0.3) is 0 Å². The monoisotopic (exact) mass is 215 g/mol. The molecule has 2 aromatic heterocycles. The van der Waals surface area contributed by atoms with Gasteiger partial charge in [0, 0.05) is 6.07 Å². The van der Waals surface area contributed by atoms with E-state index in [1.54, 1.807) is 11.3 Å². The summed E-state index contributed by atoms with van der Waals surface area (Å²) in [6, 6.07) is 3.93. The maximum atomic E-state index is 5.50. The van der Waals surface area contributed by atoms with Crippen LogP contribution < -0.4 is 5.73 Å². The van der Waals surface area contributed by atoms with Gasteiger partial charge in [-0.05, 0) is 23.9 Å². The van der Waals surface area contributed by atoms with Crippen LogP contribution in [0.2, 0.25) is 0 Å². The summed E-state index contributed by atoms with van der Waals surface area (Å²) in [4.78, 5) is 1.21. The number of halogens is 1. The minimum atomic E-state index is 0. The van der Waals surface area contributed by atoms with Crippen molar-refractivity contribution in [2.75, 3.05) is 5.73 Å². The number of nitrogens with two attached hydrogens (primary N) is 1. The molecule has 0 spiro atoms. The lowest BCUT2D eigenvalue weighted by Gasteiger charge is -1.91. The zero-order valence-corrected chi connectivity index (χ0v) is 8.71. The van der Waals surface area contributed by atoms with Crippen molar-refractivity contribution in [3.63, 3.8) is 0 Å². The van der Waals surface area contributed by atoms with Gasteiger partial charge < -0.3 is 5.73 Å². The Kier molecular flexibility index (Phi) is 2.95. The van der Waals surface area contributed by atoms with E-state index in [1.807, 2.05) is 6.07 Å². The first kappa shape index (κ1) is 10.1. The average molecular weight is 216 g/mol. The number of aromatic nitrogens is 2. The van der Waals surface area contributed by atoms with E-state index in [2.05, 4.69) is 28.6 Å². The van der Waals surface area contributed by atoms with E-state index in [0.29, 0.717) is 5.82 Å². The Bertz CT molecular complexity index is 394. The van der Waals surface area contributed by atoms with Gasteiger partial charge in [-0.15, -0.1) is 23.7 Å². The summed E-state index contributed by atoms with van der Waals surface area (Å²) in [5, 5.41) is 8.81. The number of nitrogens with zero attached hydrogens (tertiary/aromatic N) is 1. The fourth-order valence-corrected chi connectivity index (χ4v) is 2.00. The maximum Gasteiger partial charge on any atom is 0.145 e. The highest BCUT2D eigenvalue weighted by Crippen LogP contribution is 2.27. The first-order valence-electron chi connectivity index (χ1n) is 3.63. The van der Waals surface area contributed by atoms with E-state index in [-0.39, 0.29) is 12.4 Å². The standard InChI is InChI=1S/C8H9N3S.ClH/c1-5-2-3-12-8(5)6-4-7(9)11-10-6;/h2-4H,1H3,(H3,9,10,11);1H. The summed E-state index contributed by atoms with van der Waals surface area (Å²) in [5.41, 5.74) is 7.75. The molecule has 3 N–H and O–H groups in total. The summed E-state index contributed by atoms with van der Waals surface area (Å²) >= 11 is 1.69. The number of thiophene rings is 1. The second-order valence-corrected chi connectivity index (χ2v) is 3.56. The minimum Gasteiger partial charge on any atom is -0.382 e. The van der Waals surface area contributed by atoms with Gasteiger partial charge in [-0.3, -0.25) is 5.10 Å². The van der Waals surface area contributed by atoms with E-state index in [9.17, 15) is 0 Å². The Morgan fingerprint density at radius 3 is 2.77 bits per heavy atom. The van der Waals surface area contributed by atoms with Gasteiger partial charge >= 0.3 is 0 Å². The summed E-state index contributed by atoms with van der Waals surface area (Å²) in [5.74, 6) is 0.540. The minimum absolute atomic E-state index is 0. The van der Waals surface area contributed by atoms with Crippen LogP contribution in [0, 0.1) is 6.92 Å². The van der Waals surface area contributed by atoms with Crippen LogP contribution in [-0.4, -0.2) is 10.2 Å². The van der Waals surface area contributed by atoms with E-state index in [4.69, 9.17) is 5.73 Å². The Balaban J connectivity index is 0.000000845. The Morgan fingerprint density at radius 2 is 2.31 bits per heavy atom. The lowest BCUT2D eigenvalue weighted by atomic mass is 10.2. The molecular weight excluding hydrogens is 206 g/mol. The molecule has 0 bridgehead atoms. The van der Waals surface area contributed by atoms with Crippen molar-refractivity contribution in [3.8, 4) is 10.6 Å². The van der Waals surface area contributed by atoms with E-state index in [0.717, 1.165) is 5.69 Å². The van der Waals surface area contributed by atoms with Gasteiger partial charge in [0.15, 0.2) is 0 Å². The van der Waals surface area contributed by atoms with Gasteiger partial charge in [-0.1, -0.05) is 0 Å². The third-order valence-electron chi connectivity index (χ3n) is 1.70. The number of H-pyrrole nitrogens is 1. The fraction of sp³-hybridized carbons (Fsp3) is 0.125. The number of nitrogens with one attached hydrogen (secondary N) is 1. The van der Waals surface area contributed by atoms with E-state index >= 15 is 0 Å². The molecule has 0 saturated carbocycles. The van der Waals surface area contributed by atoms with Crippen molar-refractivity contribution in [2.45, 2.75) is 6.92 Å². The maximum absolute atomic E-state index is 5.50. The summed E-state index contributed by atoms with van der Waals surface area (Å²) in [6.45, 7) is 2.07. The first-order valence-corrected chi connectivity index (χ1v) is 4.50. The second-order valence-electron chi connectivity index (χ2n) is 2.64. The van der Waals surface area contributed by atoms with Crippen LogP contribution >= 0.6 is 23.7 Å². The molecule has 0 saturated heterocycles. The van der Waals surface area contributed by atoms with Crippen LogP contribution in [0.25, 0.3) is 10.6 Å². The van der Waals surface area contributed by atoms with Gasteiger partial charge in [0.05, 0.1) is 10.6 Å². The van der Waals surface area contributed by atoms with Gasteiger partial charge in [-0.25, -0.2) is 0 Å². The predicted octanol–water partition coefficient (Wildman–Crippen LogP) is 2.45. The number of aryl methyl sites for hydroxylation is 1. The Morgan fingerprint density at radius 1 is 1.54 bits per heavy atom. The van der Waals surface area contributed by atoms with Crippen molar-refractivity contribution >= 4 is 29.6 Å². The number of hydrogen-bond donors (Lipinski definition) is 2. The lowest BCUT2D eigenvalue weighted by molar-refractivity contribution is 1.10. The number of hydrogen-bond acceptors (Lipinski definition) is 3. The Labute approximate surface area is 86.4 Å². The third-order valence-corrected chi connectivity index (χ3v) is 2.75. The smallest absolute Gasteiger partial charge is 0.145 e. The molecule has 0 aliphatic rings.